The molecule has 0 saturated carbocycles. The molecule has 0 aromatic heterocycles. The highest BCUT2D eigenvalue weighted by Crippen LogP contribution is 2.47. The monoisotopic (exact) mass is 563 g/mol. The Morgan fingerprint density at radius 2 is 1.20 bits per heavy atom. The first-order chi connectivity index (χ1) is 21.8. The van der Waals surface area contributed by atoms with Gasteiger partial charge in [-0.3, -0.25) is 0 Å². The number of rotatable bonds is 4. The van der Waals surface area contributed by atoms with Gasteiger partial charge in [0.2, 0.25) is 0 Å². The molecule has 0 fully saturated rings. The van der Waals surface area contributed by atoms with Crippen molar-refractivity contribution >= 4 is 49.3 Å². The number of allylic oxidation sites excluding steroid dienone is 2. The van der Waals surface area contributed by atoms with Gasteiger partial charge in [-0.05, 0) is 97.1 Å². The lowest BCUT2D eigenvalue weighted by molar-refractivity contribution is 0.269. The van der Waals surface area contributed by atoms with Crippen molar-refractivity contribution in [2.75, 3.05) is 5.32 Å². The van der Waals surface area contributed by atoms with Gasteiger partial charge in [-0.1, -0.05) is 115 Å². The minimum atomic E-state index is 0.0460. The molecule has 2 unspecified atom stereocenters. The van der Waals surface area contributed by atoms with Gasteiger partial charge in [-0.15, -0.1) is 0 Å². The van der Waals surface area contributed by atoms with Crippen molar-refractivity contribution in [3.8, 4) is 16.9 Å². The van der Waals surface area contributed by atoms with E-state index in [1.807, 2.05) is 0 Å². The molecule has 0 bridgehead atoms. The second-order valence-electron chi connectivity index (χ2n) is 11.8. The predicted molar refractivity (Wildman–Crippen MR) is 185 cm³/mol. The van der Waals surface area contributed by atoms with Crippen molar-refractivity contribution < 1.29 is 4.74 Å². The van der Waals surface area contributed by atoms with Gasteiger partial charge < -0.3 is 10.1 Å². The zero-order chi connectivity index (χ0) is 29.0. The normalized spacial score (nSPS) is 16.9. The number of hydrogen-bond acceptors (Lipinski definition) is 2. The summed E-state index contributed by atoms with van der Waals surface area (Å²) in [5.41, 5.74) is 8.31. The van der Waals surface area contributed by atoms with Crippen LogP contribution in [0.15, 0.2) is 158 Å². The maximum absolute atomic E-state index is 6.35. The molecule has 0 radical (unpaired) electrons. The van der Waals surface area contributed by atoms with Crippen LogP contribution in [0.4, 0.5) is 11.4 Å². The Morgan fingerprint density at radius 1 is 0.500 bits per heavy atom. The molecule has 9 rings (SSSR count). The van der Waals surface area contributed by atoms with Crippen LogP contribution in [0.3, 0.4) is 0 Å². The smallest absolute Gasteiger partial charge is 0.128 e. The Labute approximate surface area is 256 Å². The molecule has 7 aromatic rings. The molecular weight excluding hydrogens is 534 g/mol. The Kier molecular flexibility index (Phi) is 5.67. The Morgan fingerprint density at radius 3 is 2.09 bits per heavy atom. The summed E-state index contributed by atoms with van der Waals surface area (Å²) in [4.78, 5) is 0. The van der Waals surface area contributed by atoms with Crippen LogP contribution in [0.5, 0.6) is 5.75 Å². The number of ether oxygens (including phenoxy) is 1. The highest BCUT2D eigenvalue weighted by Gasteiger charge is 2.34. The van der Waals surface area contributed by atoms with Crippen LogP contribution in [0.2, 0.25) is 0 Å². The summed E-state index contributed by atoms with van der Waals surface area (Å²) in [5.74, 6) is 1.21. The molecule has 2 heteroatoms. The highest BCUT2D eigenvalue weighted by molar-refractivity contribution is 6.08. The summed E-state index contributed by atoms with van der Waals surface area (Å²) in [6.45, 7) is 0. The van der Waals surface area contributed by atoms with Gasteiger partial charge in [0.05, 0.1) is 0 Å². The van der Waals surface area contributed by atoms with E-state index in [0.717, 1.165) is 17.1 Å². The molecule has 2 atom stereocenters. The molecule has 208 valence electrons. The van der Waals surface area contributed by atoms with Crippen LogP contribution >= 0.6 is 0 Å². The molecule has 2 nitrogen and oxygen atoms in total. The molecule has 0 saturated heterocycles. The maximum Gasteiger partial charge on any atom is 0.128 e. The van der Waals surface area contributed by atoms with Gasteiger partial charge in [0.25, 0.3) is 0 Å². The van der Waals surface area contributed by atoms with Crippen LogP contribution in [0, 0.1) is 0 Å². The number of hydrogen-bond donors (Lipinski definition) is 1. The average molecular weight is 564 g/mol. The molecule has 44 heavy (non-hydrogen) atoms. The lowest BCUT2D eigenvalue weighted by atomic mass is 9.84. The maximum atomic E-state index is 6.35. The molecule has 1 aliphatic carbocycles. The minimum Gasteiger partial charge on any atom is -0.485 e. The van der Waals surface area contributed by atoms with Crippen molar-refractivity contribution in [2.24, 2.45) is 0 Å². The van der Waals surface area contributed by atoms with Crippen LogP contribution in [0.25, 0.3) is 49.0 Å². The predicted octanol–water partition coefficient (Wildman–Crippen LogP) is 11.1. The molecular formula is C42H29NO. The quantitative estimate of drug-likeness (QED) is 0.215. The summed E-state index contributed by atoms with van der Waals surface area (Å²) in [7, 11) is 0. The zero-order valence-corrected chi connectivity index (χ0v) is 24.1. The van der Waals surface area contributed by atoms with Crippen LogP contribution in [-0.2, 0) is 0 Å². The van der Waals surface area contributed by atoms with E-state index in [-0.39, 0.29) is 12.0 Å². The van der Waals surface area contributed by atoms with Crippen LogP contribution in [-0.4, -0.2) is 6.10 Å². The Bertz CT molecular complexity index is 2290. The summed E-state index contributed by atoms with van der Waals surface area (Å²) >= 11 is 0. The highest BCUT2D eigenvalue weighted by atomic mass is 16.5. The first-order valence-corrected chi connectivity index (χ1v) is 15.2. The van der Waals surface area contributed by atoms with Crippen LogP contribution < -0.4 is 10.1 Å². The lowest BCUT2D eigenvalue weighted by Gasteiger charge is -2.19. The summed E-state index contributed by atoms with van der Waals surface area (Å²) in [5, 5.41) is 11.2. The van der Waals surface area contributed by atoms with Gasteiger partial charge in [0, 0.05) is 22.9 Å². The second-order valence-corrected chi connectivity index (χ2v) is 11.8. The van der Waals surface area contributed by atoms with Crippen molar-refractivity contribution in [2.45, 2.75) is 12.0 Å². The van der Waals surface area contributed by atoms with E-state index < -0.39 is 0 Å². The summed E-state index contributed by atoms with van der Waals surface area (Å²) in [6, 6.07) is 50.0. The van der Waals surface area contributed by atoms with Gasteiger partial charge in [0.15, 0.2) is 0 Å². The van der Waals surface area contributed by atoms with E-state index in [9.17, 15) is 0 Å². The second kappa shape index (κ2) is 10.00. The van der Waals surface area contributed by atoms with E-state index in [0.29, 0.717) is 0 Å². The molecule has 7 aromatic carbocycles. The summed E-state index contributed by atoms with van der Waals surface area (Å²) < 4.78 is 6.35. The Balaban J connectivity index is 0.980. The fraction of sp³-hybridized carbons (Fsp3) is 0.0476. The molecule has 1 aliphatic heterocycles. The van der Waals surface area contributed by atoms with E-state index in [1.54, 1.807) is 0 Å². The number of benzene rings is 7. The average Bonchev–Trinajstić information content (AvgIpc) is 3.47. The van der Waals surface area contributed by atoms with Crippen LogP contribution in [0.1, 0.15) is 17.0 Å². The molecule has 0 amide bonds. The number of fused-ring (bicyclic) bond motifs is 8. The SMILES string of the molecule is C1=CC2Oc3ccc4ccccc4c3C2C=C1c1cccc(-c2ccc(Nc3ccc4c(ccc5ccccc54)c3)cc2)c1. The van der Waals surface area contributed by atoms with Gasteiger partial charge in [0.1, 0.15) is 11.9 Å². The van der Waals surface area contributed by atoms with E-state index in [2.05, 4.69) is 163 Å². The van der Waals surface area contributed by atoms with Gasteiger partial charge in [-0.25, -0.2) is 0 Å². The first-order valence-electron chi connectivity index (χ1n) is 15.2. The largest absolute Gasteiger partial charge is 0.485 e. The van der Waals surface area contributed by atoms with E-state index in [1.165, 1.54) is 60.1 Å². The van der Waals surface area contributed by atoms with Gasteiger partial charge >= 0.3 is 0 Å². The van der Waals surface area contributed by atoms with Crippen molar-refractivity contribution in [1.82, 2.24) is 0 Å². The first kappa shape index (κ1) is 24.9. The molecule has 1 N–H and O–H groups in total. The Hall–Kier alpha value is -5.60. The number of nitrogens with one attached hydrogen (secondary N) is 1. The zero-order valence-electron chi connectivity index (χ0n) is 24.1. The fourth-order valence-electron chi connectivity index (χ4n) is 6.97. The third kappa shape index (κ3) is 4.19. The third-order valence-corrected chi connectivity index (χ3v) is 9.15. The fourth-order valence-corrected chi connectivity index (χ4v) is 6.97. The summed E-state index contributed by atoms with van der Waals surface area (Å²) in [6.07, 6.45) is 6.87. The van der Waals surface area contributed by atoms with Crippen molar-refractivity contribution in [3.05, 3.63) is 169 Å². The van der Waals surface area contributed by atoms with Gasteiger partial charge in [-0.2, -0.15) is 0 Å². The van der Waals surface area contributed by atoms with Crippen molar-refractivity contribution in [3.63, 3.8) is 0 Å². The molecule has 0 spiro atoms. The van der Waals surface area contributed by atoms with Crippen molar-refractivity contribution in [1.29, 1.82) is 0 Å². The molecule has 2 aliphatic rings. The molecule has 1 heterocycles. The van der Waals surface area contributed by atoms with E-state index >= 15 is 0 Å². The lowest BCUT2D eigenvalue weighted by Crippen LogP contribution is -2.17. The topological polar surface area (TPSA) is 21.3 Å². The standard InChI is InChI=1S/C42H29NO/c1-3-10-36-28(6-1)12-13-33-25-35(20-21-37(33)36)43-34-18-14-27(15-19-34)30-8-5-9-31(24-30)32-17-22-40-39(26-32)42-38-11-4-2-7-29(38)16-23-41(42)44-40/h1-26,39-40,43H. The van der Waals surface area contributed by atoms with E-state index in [4.69, 9.17) is 4.74 Å². The number of anilines is 2. The minimum absolute atomic E-state index is 0.0460. The third-order valence-electron chi connectivity index (χ3n) is 9.15.